The van der Waals surface area contributed by atoms with Gasteiger partial charge in [0.2, 0.25) is 0 Å². The van der Waals surface area contributed by atoms with Crippen molar-refractivity contribution in [2.24, 2.45) is 0 Å². The SMILES string of the molecule is COc1ccccc1N(C)S(=O)(=O)c1ccc(C(=O)N2CCCc3cccc(OC)c32)cc1. The van der Waals surface area contributed by atoms with Crippen LogP contribution in [0.4, 0.5) is 11.4 Å². The molecular formula is C25H26N2O5S. The van der Waals surface area contributed by atoms with Gasteiger partial charge in [0.1, 0.15) is 11.5 Å². The van der Waals surface area contributed by atoms with Crippen LogP contribution in [0.15, 0.2) is 71.6 Å². The van der Waals surface area contributed by atoms with Crippen molar-refractivity contribution in [2.75, 3.05) is 37.0 Å². The second-order valence-electron chi connectivity index (χ2n) is 7.70. The number of rotatable bonds is 6. The van der Waals surface area contributed by atoms with E-state index >= 15 is 0 Å². The van der Waals surface area contributed by atoms with Gasteiger partial charge < -0.3 is 14.4 Å². The maximum Gasteiger partial charge on any atom is 0.264 e. The lowest BCUT2D eigenvalue weighted by Gasteiger charge is -2.31. The number of amides is 1. The molecule has 1 amide bonds. The summed E-state index contributed by atoms with van der Waals surface area (Å²) in [7, 11) is 0.714. The number of fused-ring (bicyclic) bond motifs is 1. The lowest BCUT2D eigenvalue weighted by atomic mass is 10.00. The molecule has 0 fully saturated rings. The first-order valence-electron chi connectivity index (χ1n) is 10.6. The first-order valence-corrected chi connectivity index (χ1v) is 12.0. The number of hydrogen-bond acceptors (Lipinski definition) is 5. The molecule has 172 valence electrons. The summed E-state index contributed by atoms with van der Waals surface area (Å²) in [6.45, 7) is 0.572. The van der Waals surface area contributed by atoms with Crippen molar-refractivity contribution in [3.05, 3.63) is 77.9 Å². The van der Waals surface area contributed by atoms with Crippen molar-refractivity contribution in [3.63, 3.8) is 0 Å². The third kappa shape index (κ3) is 4.14. The van der Waals surface area contributed by atoms with Gasteiger partial charge in [0, 0.05) is 19.2 Å². The van der Waals surface area contributed by atoms with Crippen molar-refractivity contribution >= 4 is 27.3 Å². The highest BCUT2D eigenvalue weighted by molar-refractivity contribution is 7.92. The number of benzene rings is 3. The van der Waals surface area contributed by atoms with E-state index in [0.717, 1.165) is 24.1 Å². The predicted molar refractivity (Wildman–Crippen MR) is 128 cm³/mol. The Bertz CT molecular complexity index is 1260. The molecule has 0 aromatic heterocycles. The van der Waals surface area contributed by atoms with Gasteiger partial charge in [0.25, 0.3) is 15.9 Å². The van der Waals surface area contributed by atoms with E-state index in [4.69, 9.17) is 9.47 Å². The van der Waals surface area contributed by atoms with E-state index < -0.39 is 10.0 Å². The third-order valence-corrected chi connectivity index (χ3v) is 7.62. The van der Waals surface area contributed by atoms with Crippen molar-refractivity contribution in [1.82, 2.24) is 0 Å². The van der Waals surface area contributed by atoms with E-state index in [1.54, 1.807) is 48.4 Å². The second-order valence-corrected chi connectivity index (χ2v) is 9.67. The molecule has 1 heterocycles. The Balaban J connectivity index is 1.63. The highest BCUT2D eigenvalue weighted by Crippen LogP contribution is 2.37. The number of carbonyl (C=O) groups is 1. The summed E-state index contributed by atoms with van der Waals surface area (Å²) in [5.41, 5.74) is 2.68. The van der Waals surface area contributed by atoms with E-state index in [0.29, 0.717) is 29.3 Å². The van der Waals surface area contributed by atoms with Crippen LogP contribution < -0.4 is 18.7 Å². The molecule has 0 saturated carbocycles. The topological polar surface area (TPSA) is 76.2 Å². The van der Waals surface area contributed by atoms with Crippen LogP contribution in [0.2, 0.25) is 0 Å². The molecule has 3 aromatic rings. The van der Waals surface area contributed by atoms with Gasteiger partial charge in [-0.15, -0.1) is 0 Å². The number of aryl methyl sites for hydroxylation is 1. The molecule has 0 bridgehead atoms. The predicted octanol–water partition coefficient (Wildman–Crippen LogP) is 4.12. The minimum Gasteiger partial charge on any atom is -0.495 e. The number of methoxy groups -OCH3 is 2. The highest BCUT2D eigenvalue weighted by atomic mass is 32.2. The lowest BCUT2D eigenvalue weighted by molar-refractivity contribution is 0.0984. The Kier molecular flexibility index (Phi) is 6.29. The minimum atomic E-state index is -3.84. The Morgan fingerprint density at radius 1 is 0.909 bits per heavy atom. The molecule has 0 saturated heterocycles. The average Bonchev–Trinajstić information content (AvgIpc) is 2.87. The van der Waals surface area contributed by atoms with Crippen LogP contribution in [0.5, 0.6) is 11.5 Å². The van der Waals surface area contributed by atoms with Crippen LogP contribution >= 0.6 is 0 Å². The smallest absolute Gasteiger partial charge is 0.264 e. The fourth-order valence-corrected chi connectivity index (χ4v) is 5.29. The summed E-state index contributed by atoms with van der Waals surface area (Å²) in [6.07, 6.45) is 1.73. The molecule has 7 nitrogen and oxygen atoms in total. The minimum absolute atomic E-state index is 0.0871. The number of carbonyl (C=O) groups excluding carboxylic acids is 1. The van der Waals surface area contributed by atoms with Gasteiger partial charge in [0.05, 0.1) is 30.5 Å². The van der Waals surface area contributed by atoms with Crippen LogP contribution in [-0.4, -0.2) is 42.1 Å². The molecule has 33 heavy (non-hydrogen) atoms. The second kappa shape index (κ2) is 9.15. The van der Waals surface area contributed by atoms with Crippen molar-refractivity contribution < 1.29 is 22.7 Å². The molecule has 0 spiro atoms. The number of nitrogens with zero attached hydrogens (tertiary/aromatic N) is 2. The molecule has 8 heteroatoms. The summed E-state index contributed by atoms with van der Waals surface area (Å²) in [4.78, 5) is 15.1. The van der Waals surface area contributed by atoms with Crippen LogP contribution in [0, 0.1) is 0 Å². The first-order chi connectivity index (χ1) is 15.9. The van der Waals surface area contributed by atoms with Crippen LogP contribution in [0.1, 0.15) is 22.3 Å². The maximum absolute atomic E-state index is 13.3. The van der Waals surface area contributed by atoms with Crippen molar-refractivity contribution in [2.45, 2.75) is 17.7 Å². The number of anilines is 2. The Hall–Kier alpha value is -3.52. The third-order valence-electron chi connectivity index (χ3n) is 5.83. The van der Waals surface area contributed by atoms with E-state index in [1.165, 1.54) is 30.6 Å². The van der Waals surface area contributed by atoms with Gasteiger partial charge in [0.15, 0.2) is 0 Å². The van der Waals surface area contributed by atoms with Gasteiger partial charge in [-0.05, 0) is 60.9 Å². The molecule has 3 aromatic carbocycles. The average molecular weight is 467 g/mol. The summed E-state index contributed by atoms with van der Waals surface area (Å²) in [5, 5.41) is 0. The summed E-state index contributed by atoms with van der Waals surface area (Å²) in [6, 6.07) is 18.7. The van der Waals surface area contributed by atoms with Crippen LogP contribution in [0.3, 0.4) is 0 Å². The molecule has 0 atom stereocenters. The van der Waals surface area contributed by atoms with Crippen LogP contribution in [-0.2, 0) is 16.4 Å². The zero-order chi connectivity index (χ0) is 23.6. The Labute approximate surface area is 194 Å². The molecular weight excluding hydrogens is 440 g/mol. The molecule has 0 N–H and O–H groups in total. The van der Waals surface area contributed by atoms with Gasteiger partial charge >= 0.3 is 0 Å². The number of ether oxygens (including phenoxy) is 2. The first kappa shape index (κ1) is 22.7. The fraction of sp³-hybridized carbons (Fsp3) is 0.240. The molecule has 1 aliphatic rings. The molecule has 0 aliphatic carbocycles. The maximum atomic E-state index is 13.3. The molecule has 0 unspecified atom stereocenters. The summed E-state index contributed by atoms with van der Waals surface area (Å²) >= 11 is 0. The standard InChI is InChI=1S/C25H26N2O5S/c1-26(21-10-4-5-11-22(21)31-2)33(29,30)20-15-13-19(14-16-20)25(28)27-17-7-9-18-8-6-12-23(32-3)24(18)27/h4-6,8,10-16H,7,9,17H2,1-3H3. The molecule has 4 rings (SSSR count). The quantitative estimate of drug-likeness (QED) is 0.546. The summed E-state index contributed by atoms with van der Waals surface area (Å²) < 4.78 is 38.3. The van der Waals surface area contributed by atoms with Crippen LogP contribution in [0.25, 0.3) is 0 Å². The summed E-state index contributed by atoms with van der Waals surface area (Å²) in [5.74, 6) is 0.911. The van der Waals surface area contributed by atoms with E-state index in [2.05, 4.69) is 0 Å². The fourth-order valence-electron chi connectivity index (χ4n) is 4.09. The zero-order valence-corrected chi connectivity index (χ0v) is 19.6. The molecule has 0 radical (unpaired) electrons. The van der Waals surface area contributed by atoms with E-state index in [9.17, 15) is 13.2 Å². The Morgan fingerprint density at radius 3 is 2.27 bits per heavy atom. The number of sulfonamides is 1. The lowest BCUT2D eigenvalue weighted by Crippen LogP contribution is -2.35. The monoisotopic (exact) mass is 466 g/mol. The highest BCUT2D eigenvalue weighted by Gasteiger charge is 2.28. The number of hydrogen-bond donors (Lipinski definition) is 0. The van der Waals surface area contributed by atoms with Gasteiger partial charge in [-0.1, -0.05) is 24.3 Å². The van der Waals surface area contributed by atoms with E-state index in [-0.39, 0.29) is 10.8 Å². The van der Waals surface area contributed by atoms with Crippen molar-refractivity contribution in [3.8, 4) is 11.5 Å². The van der Waals surface area contributed by atoms with Crippen molar-refractivity contribution in [1.29, 1.82) is 0 Å². The van der Waals surface area contributed by atoms with Gasteiger partial charge in [-0.25, -0.2) is 8.42 Å². The zero-order valence-electron chi connectivity index (χ0n) is 18.8. The van der Waals surface area contributed by atoms with E-state index in [1.807, 2.05) is 18.2 Å². The largest absolute Gasteiger partial charge is 0.495 e. The van der Waals surface area contributed by atoms with Gasteiger partial charge in [-0.3, -0.25) is 9.10 Å². The molecule has 1 aliphatic heterocycles. The van der Waals surface area contributed by atoms with Gasteiger partial charge in [-0.2, -0.15) is 0 Å². The normalized spacial score (nSPS) is 13.2. The Morgan fingerprint density at radius 2 is 1.58 bits per heavy atom. The number of para-hydroxylation sites is 3.